The van der Waals surface area contributed by atoms with Gasteiger partial charge in [0.2, 0.25) is 10.0 Å². The summed E-state index contributed by atoms with van der Waals surface area (Å²) < 4.78 is 42.3. The van der Waals surface area contributed by atoms with Crippen LogP contribution in [0.2, 0.25) is 5.02 Å². The monoisotopic (exact) mass is 470 g/mol. The average molecular weight is 471 g/mol. The van der Waals surface area contributed by atoms with E-state index in [1.807, 2.05) is 13.8 Å². The molecule has 0 atom stereocenters. The number of anilines is 1. The maximum atomic E-state index is 12.9. The summed E-state index contributed by atoms with van der Waals surface area (Å²) in [6.07, 6.45) is 0. The number of ether oxygens (including phenoxy) is 3. The Morgan fingerprint density at radius 2 is 1.74 bits per heavy atom. The van der Waals surface area contributed by atoms with Gasteiger partial charge < -0.3 is 19.5 Å². The average Bonchev–Trinajstić information content (AvgIpc) is 2.71. The fraction of sp³-hybridized carbons (Fsp3) is 0.381. The number of nitrogens with one attached hydrogen (secondary N) is 1. The number of carbonyl (C=O) groups is 1. The van der Waals surface area contributed by atoms with Gasteiger partial charge in [-0.05, 0) is 36.2 Å². The number of hydrogen-bond acceptors (Lipinski definition) is 6. The van der Waals surface area contributed by atoms with Crippen molar-refractivity contribution >= 4 is 33.2 Å². The van der Waals surface area contributed by atoms with Gasteiger partial charge in [0, 0.05) is 19.7 Å². The highest BCUT2D eigenvalue weighted by Gasteiger charge is 2.21. The van der Waals surface area contributed by atoms with Crippen LogP contribution >= 0.6 is 11.6 Å². The largest absolute Gasteiger partial charge is 0.495 e. The molecular weight excluding hydrogens is 444 g/mol. The van der Waals surface area contributed by atoms with Gasteiger partial charge in [-0.3, -0.25) is 4.79 Å². The van der Waals surface area contributed by atoms with Gasteiger partial charge in [0.05, 0.1) is 36.4 Å². The topological polar surface area (TPSA) is 94.2 Å². The summed E-state index contributed by atoms with van der Waals surface area (Å²) in [7, 11) is 2.03. The van der Waals surface area contributed by atoms with Gasteiger partial charge in [0.1, 0.15) is 5.75 Å². The van der Waals surface area contributed by atoms with E-state index in [0.717, 1.165) is 4.31 Å². The van der Waals surface area contributed by atoms with Crippen LogP contribution in [0.4, 0.5) is 5.69 Å². The van der Waals surface area contributed by atoms with E-state index in [9.17, 15) is 13.2 Å². The van der Waals surface area contributed by atoms with Crippen LogP contribution in [0.1, 0.15) is 24.2 Å². The number of methoxy groups -OCH3 is 2. The molecule has 0 heterocycles. The Morgan fingerprint density at radius 3 is 2.29 bits per heavy atom. The summed E-state index contributed by atoms with van der Waals surface area (Å²) in [5.74, 6) is 0.733. The summed E-state index contributed by atoms with van der Waals surface area (Å²) in [5, 5.41) is 2.90. The normalized spacial score (nSPS) is 11.5. The molecule has 0 bridgehead atoms. The third-order valence-corrected chi connectivity index (χ3v) is 6.34. The minimum Gasteiger partial charge on any atom is -0.495 e. The van der Waals surface area contributed by atoms with E-state index in [1.165, 1.54) is 58.6 Å². The zero-order chi connectivity index (χ0) is 23.3. The fourth-order valence-corrected chi connectivity index (χ4v) is 3.79. The minimum absolute atomic E-state index is 0.0154. The van der Waals surface area contributed by atoms with Crippen LogP contribution in [-0.4, -0.2) is 53.6 Å². The van der Waals surface area contributed by atoms with Crippen LogP contribution in [0, 0.1) is 5.92 Å². The molecule has 0 aliphatic rings. The first-order chi connectivity index (χ1) is 14.5. The number of carbonyl (C=O) groups excluding carboxylic acids is 1. The predicted octanol–water partition coefficient (Wildman–Crippen LogP) is 3.89. The number of benzene rings is 2. The maximum absolute atomic E-state index is 12.9. The van der Waals surface area contributed by atoms with Crippen molar-refractivity contribution in [2.45, 2.75) is 18.7 Å². The van der Waals surface area contributed by atoms with Crippen LogP contribution in [0.15, 0.2) is 35.2 Å². The van der Waals surface area contributed by atoms with Gasteiger partial charge in [-0.1, -0.05) is 25.4 Å². The molecule has 0 aliphatic heterocycles. The third-order valence-electron chi connectivity index (χ3n) is 4.25. The first-order valence-corrected chi connectivity index (χ1v) is 11.2. The Labute approximate surface area is 188 Å². The molecule has 170 valence electrons. The first-order valence-electron chi connectivity index (χ1n) is 9.43. The molecule has 0 radical (unpaired) electrons. The second-order valence-electron chi connectivity index (χ2n) is 7.30. The number of rotatable bonds is 9. The summed E-state index contributed by atoms with van der Waals surface area (Å²) >= 11 is 6.33. The summed E-state index contributed by atoms with van der Waals surface area (Å²) in [6.45, 7) is 4.44. The zero-order valence-corrected chi connectivity index (χ0v) is 19.9. The fourth-order valence-electron chi connectivity index (χ4n) is 2.59. The highest BCUT2D eigenvalue weighted by atomic mass is 35.5. The molecule has 0 aliphatic carbocycles. The number of amides is 1. The van der Waals surface area contributed by atoms with E-state index in [2.05, 4.69) is 5.32 Å². The summed E-state index contributed by atoms with van der Waals surface area (Å²) in [5.41, 5.74) is 0.410. The van der Waals surface area contributed by atoms with Crippen LogP contribution in [0.25, 0.3) is 0 Å². The Bertz CT molecular complexity index is 1050. The third kappa shape index (κ3) is 5.81. The Morgan fingerprint density at radius 1 is 1.10 bits per heavy atom. The second kappa shape index (κ2) is 10.2. The lowest BCUT2D eigenvalue weighted by molar-refractivity contribution is 0.102. The molecule has 0 saturated heterocycles. The van der Waals surface area contributed by atoms with Gasteiger partial charge >= 0.3 is 0 Å². The number of sulfonamides is 1. The van der Waals surface area contributed by atoms with Crippen molar-refractivity contribution in [2.75, 3.05) is 40.2 Å². The highest BCUT2D eigenvalue weighted by Crippen LogP contribution is 2.37. The van der Waals surface area contributed by atoms with Crippen molar-refractivity contribution in [3.8, 4) is 17.2 Å². The van der Waals surface area contributed by atoms with Crippen molar-refractivity contribution in [2.24, 2.45) is 5.92 Å². The lowest BCUT2D eigenvalue weighted by Crippen LogP contribution is -2.22. The van der Waals surface area contributed by atoms with Gasteiger partial charge in [0.15, 0.2) is 11.5 Å². The van der Waals surface area contributed by atoms with Crippen LogP contribution < -0.4 is 19.5 Å². The molecule has 0 spiro atoms. The molecule has 0 saturated carbocycles. The molecule has 2 aromatic rings. The van der Waals surface area contributed by atoms with Crippen molar-refractivity contribution in [3.63, 3.8) is 0 Å². The molecule has 10 heteroatoms. The van der Waals surface area contributed by atoms with Gasteiger partial charge in [-0.25, -0.2) is 12.7 Å². The first kappa shape index (κ1) is 24.8. The zero-order valence-electron chi connectivity index (χ0n) is 18.4. The van der Waals surface area contributed by atoms with Gasteiger partial charge in [-0.2, -0.15) is 0 Å². The van der Waals surface area contributed by atoms with Gasteiger partial charge in [0.25, 0.3) is 5.91 Å². The lowest BCUT2D eigenvalue weighted by Gasteiger charge is -2.17. The molecule has 31 heavy (non-hydrogen) atoms. The van der Waals surface area contributed by atoms with Crippen molar-refractivity contribution in [3.05, 3.63) is 40.9 Å². The Balaban J connectivity index is 2.40. The van der Waals surface area contributed by atoms with Crippen LogP contribution in [-0.2, 0) is 10.0 Å². The molecule has 0 aromatic heterocycles. The quantitative estimate of drug-likeness (QED) is 0.597. The van der Waals surface area contributed by atoms with E-state index >= 15 is 0 Å². The standard InChI is InChI=1S/C21H27ClN2O6S/c1-13(2)12-30-20-16(22)9-14(10-19(20)29-6)21(25)23-17-11-15(7-8-18(17)28-5)31(26,27)24(3)4/h7-11,13H,12H2,1-6H3,(H,23,25). The second-order valence-corrected chi connectivity index (χ2v) is 9.86. The molecule has 0 unspecified atom stereocenters. The number of halogens is 1. The lowest BCUT2D eigenvalue weighted by atomic mass is 10.1. The maximum Gasteiger partial charge on any atom is 0.255 e. The van der Waals surface area contributed by atoms with E-state index in [-0.39, 0.29) is 27.1 Å². The Kier molecular flexibility index (Phi) is 8.16. The van der Waals surface area contributed by atoms with E-state index in [4.69, 9.17) is 25.8 Å². The predicted molar refractivity (Wildman–Crippen MR) is 120 cm³/mol. The van der Waals surface area contributed by atoms with Gasteiger partial charge in [-0.15, -0.1) is 0 Å². The van der Waals surface area contributed by atoms with E-state index in [0.29, 0.717) is 23.9 Å². The van der Waals surface area contributed by atoms with Crippen molar-refractivity contribution < 1.29 is 27.4 Å². The SMILES string of the molecule is COc1ccc(S(=O)(=O)N(C)C)cc1NC(=O)c1cc(Cl)c(OCC(C)C)c(OC)c1. The molecule has 1 amide bonds. The smallest absolute Gasteiger partial charge is 0.255 e. The number of nitrogens with zero attached hydrogens (tertiary/aromatic N) is 1. The molecule has 0 fully saturated rings. The number of hydrogen-bond donors (Lipinski definition) is 1. The summed E-state index contributed by atoms with van der Waals surface area (Å²) in [6, 6.07) is 7.18. The Hall–Kier alpha value is -2.49. The highest BCUT2D eigenvalue weighted by molar-refractivity contribution is 7.89. The molecule has 8 nitrogen and oxygen atoms in total. The molecule has 2 rings (SSSR count). The van der Waals surface area contributed by atoms with Crippen molar-refractivity contribution in [1.29, 1.82) is 0 Å². The summed E-state index contributed by atoms with van der Waals surface area (Å²) in [4.78, 5) is 12.9. The van der Waals surface area contributed by atoms with Crippen LogP contribution in [0.3, 0.4) is 0 Å². The van der Waals surface area contributed by atoms with Crippen molar-refractivity contribution in [1.82, 2.24) is 4.31 Å². The molecule has 2 aromatic carbocycles. The molecular formula is C21H27ClN2O6S. The van der Waals surface area contributed by atoms with E-state index < -0.39 is 15.9 Å². The van der Waals surface area contributed by atoms with Crippen LogP contribution in [0.5, 0.6) is 17.2 Å². The van der Waals surface area contributed by atoms with E-state index in [1.54, 1.807) is 0 Å². The molecule has 1 N–H and O–H groups in total. The minimum atomic E-state index is -3.69.